The molecule has 30 heavy (non-hydrogen) atoms. The van der Waals surface area contributed by atoms with Crippen molar-refractivity contribution >= 4 is 39.9 Å². The summed E-state index contributed by atoms with van der Waals surface area (Å²) in [4.78, 5) is 47.1. The van der Waals surface area contributed by atoms with E-state index in [1.54, 1.807) is 0 Å². The molecule has 0 fully saturated rings. The molecule has 158 valence electrons. The van der Waals surface area contributed by atoms with Crippen LogP contribution >= 0.6 is 0 Å². The maximum absolute atomic E-state index is 12.5. The summed E-state index contributed by atoms with van der Waals surface area (Å²) in [6, 6.07) is 9.50. The summed E-state index contributed by atoms with van der Waals surface area (Å²) >= 11 is 0. The van der Waals surface area contributed by atoms with Crippen molar-refractivity contribution in [2.75, 3.05) is 11.5 Å². The van der Waals surface area contributed by atoms with Crippen molar-refractivity contribution in [3.05, 3.63) is 46.4 Å². The Kier molecular flexibility index (Phi) is 7.23. The van der Waals surface area contributed by atoms with Crippen molar-refractivity contribution in [2.45, 2.75) is 44.3 Å². The summed E-state index contributed by atoms with van der Waals surface area (Å²) in [5, 5.41) is 0.257. The fraction of sp³-hybridized carbons (Fsp3) is 0.350. The van der Waals surface area contributed by atoms with Gasteiger partial charge in [0.2, 0.25) is 5.16 Å². The number of aldehydes is 1. The second kappa shape index (κ2) is 10.1. The lowest BCUT2D eigenvalue weighted by Gasteiger charge is -2.08. The average Bonchev–Trinajstić information content (AvgIpc) is 3.06. The second-order valence-corrected chi connectivity index (χ2v) is 8.39. The number of nitrogens with two attached hydrogens (primary N) is 1. The number of aromatic amines is 1. The molecule has 3 rings (SSSR count). The average molecular weight is 429 g/mol. The molecule has 0 aliphatic carbocycles. The molecule has 1 unspecified atom stereocenters. The van der Waals surface area contributed by atoms with Crippen molar-refractivity contribution in [2.24, 2.45) is 4.36 Å². The third-order valence-corrected chi connectivity index (χ3v) is 6.06. The van der Waals surface area contributed by atoms with Gasteiger partial charge in [-0.05, 0) is 22.7 Å². The Hall–Kier alpha value is -3.14. The number of nitrogens with one attached hydrogen (secondary N) is 1. The van der Waals surface area contributed by atoms with Crippen LogP contribution in [0.2, 0.25) is 0 Å². The molecule has 0 radical (unpaired) electrons. The highest BCUT2D eigenvalue weighted by Crippen LogP contribution is 2.18. The molecule has 2 aromatic heterocycles. The van der Waals surface area contributed by atoms with Gasteiger partial charge in [-0.1, -0.05) is 43.7 Å². The minimum Gasteiger partial charge on any atom is -0.382 e. The number of aromatic nitrogens is 4. The predicted octanol–water partition coefficient (Wildman–Crippen LogP) is 2.22. The predicted molar refractivity (Wildman–Crippen MR) is 116 cm³/mol. The van der Waals surface area contributed by atoms with E-state index in [-0.39, 0.29) is 29.0 Å². The van der Waals surface area contributed by atoms with E-state index < -0.39 is 10.7 Å². The lowest BCUT2D eigenvalue weighted by Crippen LogP contribution is -2.18. The molecule has 0 bridgehead atoms. The number of carbonyl (C=O) groups is 2. The van der Waals surface area contributed by atoms with Gasteiger partial charge in [-0.25, -0.2) is 14.8 Å². The van der Waals surface area contributed by atoms with E-state index in [0.29, 0.717) is 29.9 Å². The molecule has 3 aromatic rings. The molecular formula is C20H24N6O3S. The van der Waals surface area contributed by atoms with E-state index in [4.69, 9.17) is 5.73 Å². The van der Waals surface area contributed by atoms with E-state index >= 15 is 0 Å². The molecule has 1 aromatic carbocycles. The molecule has 0 saturated carbocycles. The molecule has 1 atom stereocenters. The van der Waals surface area contributed by atoms with Crippen LogP contribution in [0, 0.1) is 0 Å². The minimum atomic E-state index is -1.02. The summed E-state index contributed by atoms with van der Waals surface area (Å²) in [6.45, 7) is 2.30. The van der Waals surface area contributed by atoms with Crippen LogP contribution in [0.15, 0.2) is 44.6 Å². The molecule has 9 nitrogen and oxygen atoms in total. The fourth-order valence-electron chi connectivity index (χ4n) is 2.88. The van der Waals surface area contributed by atoms with Crippen LogP contribution in [-0.4, -0.2) is 37.5 Å². The third-order valence-electron chi connectivity index (χ3n) is 4.41. The van der Waals surface area contributed by atoms with Gasteiger partial charge in [0, 0.05) is 18.6 Å². The van der Waals surface area contributed by atoms with Gasteiger partial charge >= 0.3 is 5.69 Å². The number of nitrogens with zero attached hydrogens (tertiary/aromatic N) is 4. The van der Waals surface area contributed by atoms with Crippen LogP contribution in [0.3, 0.4) is 0 Å². The van der Waals surface area contributed by atoms with E-state index in [0.717, 1.165) is 24.7 Å². The minimum absolute atomic E-state index is 0.110. The van der Waals surface area contributed by atoms with Crippen LogP contribution in [0.1, 0.15) is 38.2 Å². The quantitative estimate of drug-likeness (QED) is 0.396. The first kappa shape index (κ1) is 21.6. The standard InChI is InChI=1S/C20H24N6O3S/c1-2-3-10-15(28)25-30(12-7-11-27)19-23-17(21)16-18(24-19)26(20(29)22-16)13-14-8-5-4-6-9-14/h4-6,8-9,11H,2-3,7,10,12-13H2,1H3,(H,22,29)(H2,21,23,24). The van der Waals surface area contributed by atoms with Crippen LogP contribution in [0.4, 0.5) is 5.82 Å². The Bertz CT molecular complexity index is 1140. The summed E-state index contributed by atoms with van der Waals surface area (Å²) in [6.07, 6.45) is 2.95. The molecule has 2 heterocycles. The Balaban J connectivity index is 2.06. The Morgan fingerprint density at radius 2 is 2.07 bits per heavy atom. The smallest absolute Gasteiger partial charge is 0.328 e. The fourth-order valence-corrected chi connectivity index (χ4v) is 4.29. The highest BCUT2D eigenvalue weighted by molar-refractivity contribution is 7.87. The maximum atomic E-state index is 12.5. The highest BCUT2D eigenvalue weighted by atomic mass is 32.2. The molecule has 0 aliphatic rings. The zero-order chi connectivity index (χ0) is 21.5. The number of hydrogen-bond donors (Lipinski definition) is 2. The van der Waals surface area contributed by atoms with Crippen molar-refractivity contribution in [1.29, 1.82) is 0 Å². The van der Waals surface area contributed by atoms with Crippen LogP contribution in [0.5, 0.6) is 0 Å². The number of benzene rings is 1. The number of anilines is 1. The van der Waals surface area contributed by atoms with Gasteiger partial charge in [-0.2, -0.15) is 4.36 Å². The molecule has 0 spiro atoms. The van der Waals surface area contributed by atoms with Gasteiger partial charge < -0.3 is 15.5 Å². The Morgan fingerprint density at radius 1 is 1.30 bits per heavy atom. The number of H-pyrrole nitrogens is 1. The molecular weight excluding hydrogens is 404 g/mol. The first-order chi connectivity index (χ1) is 14.5. The molecule has 0 aliphatic heterocycles. The molecule has 3 N–H and O–H groups in total. The van der Waals surface area contributed by atoms with Crippen LogP contribution in [0.25, 0.3) is 11.2 Å². The monoisotopic (exact) mass is 428 g/mol. The van der Waals surface area contributed by atoms with Gasteiger partial charge in [0.05, 0.1) is 6.54 Å². The first-order valence-corrected chi connectivity index (χ1v) is 11.1. The number of hydrogen-bond acceptors (Lipinski definition) is 6. The summed E-state index contributed by atoms with van der Waals surface area (Å²) in [7, 11) is -1.02. The van der Waals surface area contributed by atoms with Gasteiger partial charge in [-0.3, -0.25) is 9.36 Å². The molecule has 1 amide bonds. The lowest BCUT2D eigenvalue weighted by molar-refractivity contribution is -0.117. The number of amides is 1. The largest absolute Gasteiger partial charge is 0.382 e. The zero-order valence-corrected chi connectivity index (χ0v) is 17.5. The van der Waals surface area contributed by atoms with Crippen molar-refractivity contribution in [3.8, 4) is 0 Å². The van der Waals surface area contributed by atoms with Gasteiger partial charge in [0.25, 0.3) is 5.91 Å². The first-order valence-electron chi connectivity index (χ1n) is 9.72. The number of fused-ring (bicyclic) bond motifs is 1. The van der Waals surface area contributed by atoms with E-state index in [1.807, 2.05) is 37.3 Å². The summed E-state index contributed by atoms with van der Waals surface area (Å²) in [5.74, 6) is 0.183. The Morgan fingerprint density at radius 3 is 2.77 bits per heavy atom. The van der Waals surface area contributed by atoms with Crippen LogP contribution < -0.4 is 11.4 Å². The molecule has 0 saturated heterocycles. The lowest BCUT2D eigenvalue weighted by atomic mass is 10.2. The number of imidazole rings is 1. The second-order valence-electron chi connectivity index (χ2n) is 6.70. The number of nitrogen functional groups attached to an aromatic ring is 1. The van der Waals surface area contributed by atoms with Gasteiger partial charge in [0.15, 0.2) is 11.5 Å². The van der Waals surface area contributed by atoms with Crippen LogP contribution in [-0.2, 0) is 26.8 Å². The van der Waals surface area contributed by atoms with Gasteiger partial charge in [0.1, 0.15) is 11.8 Å². The van der Waals surface area contributed by atoms with E-state index in [2.05, 4.69) is 19.3 Å². The van der Waals surface area contributed by atoms with Crippen molar-refractivity contribution in [3.63, 3.8) is 0 Å². The Labute approximate surface area is 175 Å². The molecule has 10 heteroatoms. The number of carbonyl (C=O) groups excluding carboxylic acids is 2. The third kappa shape index (κ3) is 5.07. The van der Waals surface area contributed by atoms with Crippen molar-refractivity contribution in [1.82, 2.24) is 19.5 Å². The van der Waals surface area contributed by atoms with Crippen molar-refractivity contribution < 1.29 is 9.59 Å². The highest BCUT2D eigenvalue weighted by Gasteiger charge is 2.17. The number of rotatable bonds is 9. The topological polar surface area (TPSA) is 136 Å². The maximum Gasteiger partial charge on any atom is 0.328 e. The summed E-state index contributed by atoms with van der Waals surface area (Å²) in [5.41, 5.74) is 7.36. The number of unbranched alkanes of at least 4 members (excludes halogenated alkanes) is 1. The summed E-state index contributed by atoms with van der Waals surface area (Å²) < 4.78 is 5.72. The van der Waals surface area contributed by atoms with E-state index in [1.165, 1.54) is 4.57 Å². The zero-order valence-electron chi connectivity index (χ0n) is 16.7. The SMILES string of the molecule is CCCCC(=O)N=S(CCC=O)c1nc(N)c2[nH]c(=O)n(Cc3ccccc3)c2n1. The normalized spacial score (nSPS) is 12.3. The van der Waals surface area contributed by atoms with E-state index in [9.17, 15) is 14.4 Å². The van der Waals surface area contributed by atoms with Gasteiger partial charge in [-0.15, -0.1) is 0 Å².